The molecule has 0 aromatic heterocycles. The van der Waals surface area contributed by atoms with E-state index in [9.17, 15) is 4.79 Å². The van der Waals surface area contributed by atoms with Crippen molar-refractivity contribution in [2.45, 2.75) is 34.1 Å². The molecule has 3 nitrogen and oxygen atoms in total. The normalized spacial score (nSPS) is 11.3. The van der Waals surface area contributed by atoms with Gasteiger partial charge in [-0.3, -0.25) is 4.79 Å². The van der Waals surface area contributed by atoms with Gasteiger partial charge in [0.1, 0.15) is 5.84 Å². The number of benzene rings is 2. The van der Waals surface area contributed by atoms with E-state index in [1.54, 1.807) is 0 Å². The molecule has 0 atom stereocenters. The molecule has 0 fully saturated rings. The minimum absolute atomic E-state index is 0.204. The van der Waals surface area contributed by atoms with Crippen LogP contribution in [0.4, 0.5) is 0 Å². The Balaban J connectivity index is 2.49. The summed E-state index contributed by atoms with van der Waals surface area (Å²) in [7, 11) is 0. The molecule has 0 bridgehead atoms. The maximum Gasteiger partial charge on any atom is 0.222 e. The number of aryl methyl sites for hydroxylation is 3. The summed E-state index contributed by atoms with van der Waals surface area (Å²) in [6.07, 6.45) is 0.871. The highest BCUT2D eigenvalue weighted by Gasteiger charge is 2.12. The molecule has 0 heterocycles. The van der Waals surface area contributed by atoms with Gasteiger partial charge in [-0.1, -0.05) is 43.3 Å². The van der Waals surface area contributed by atoms with Gasteiger partial charge in [0, 0.05) is 12.5 Å². The van der Waals surface area contributed by atoms with Crippen molar-refractivity contribution in [3.05, 3.63) is 75.8 Å². The molecule has 0 aliphatic carbocycles. The molecular weight excluding hydrogens is 332 g/mol. The zero-order chi connectivity index (χ0) is 18.6. The number of carbonyl (C=O) groups is 1. The second-order valence-electron chi connectivity index (χ2n) is 6.06. The van der Waals surface area contributed by atoms with Crippen molar-refractivity contribution < 1.29 is 4.79 Å². The molecule has 1 N–H and O–H groups in total. The maximum absolute atomic E-state index is 11.6. The number of nitrogens with zero attached hydrogens (tertiary/aromatic N) is 1. The fourth-order valence-electron chi connectivity index (χ4n) is 2.42. The van der Waals surface area contributed by atoms with Gasteiger partial charge in [0.05, 0.1) is 10.7 Å². The number of aliphatic imine (C=N–C) groups is 1. The number of hydrogen-bond acceptors (Lipinski definition) is 2. The van der Waals surface area contributed by atoms with Gasteiger partial charge in [-0.05, 0) is 60.7 Å². The fraction of sp³-hybridized carbons (Fsp3) is 0.238. The Hall–Kier alpha value is -2.39. The molecule has 0 spiro atoms. The summed E-state index contributed by atoms with van der Waals surface area (Å²) < 4.78 is 0. The summed E-state index contributed by atoms with van der Waals surface area (Å²) in [5.74, 6) is 0.209. The molecule has 25 heavy (non-hydrogen) atoms. The molecule has 4 heteroatoms. The van der Waals surface area contributed by atoms with E-state index < -0.39 is 0 Å². The van der Waals surface area contributed by atoms with Crippen molar-refractivity contribution in [3.8, 4) is 0 Å². The van der Waals surface area contributed by atoms with Crippen molar-refractivity contribution >= 4 is 29.0 Å². The number of hydrogen-bond donors (Lipinski definition) is 1. The summed E-state index contributed by atoms with van der Waals surface area (Å²) >= 11 is 6.35. The SMILES string of the molecule is C=C(/N=C(\NC(C)=O)c1cc(CC)ccc1Cl)c1ccc(C)c(C)c1. The lowest BCUT2D eigenvalue weighted by Crippen LogP contribution is -2.29. The van der Waals surface area contributed by atoms with E-state index in [2.05, 4.69) is 30.7 Å². The monoisotopic (exact) mass is 354 g/mol. The van der Waals surface area contributed by atoms with Gasteiger partial charge >= 0.3 is 0 Å². The van der Waals surface area contributed by atoms with Crippen molar-refractivity contribution in [2.24, 2.45) is 4.99 Å². The molecule has 0 radical (unpaired) electrons. The van der Waals surface area contributed by atoms with Crippen LogP contribution < -0.4 is 5.32 Å². The van der Waals surface area contributed by atoms with Gasteiger partial charge in [-0.25, -0.2) is 4.99 Å². The van der Waals surface area contributed by atoms with E-state index in [0.29, 0.717) is 22.1 Å². The average Bonchev–Trinajstić information content (AvgIpc) is 2.56. The van der Waals surface area contributed by atoms with E-state index in [4.69, 9.17) is 11.6 Å². The van der Waals surface area contributed by atoms with Crippen LogP contribution in [0.25, 0.3) is 5.70 Å². The van der Waals surface area contributed by atoms with Crippen LogP contribution in [-0.2, 0) is 11.2 Å². The largest absolute Gasteiger partial charge is 0.310 e. The van der Waals surface area contributed by atoms with Gasteiger partial charge in [-0.2, -0.15) is 0 Å². The Bertz CT molecular complexity index is 853. The van der Waals surface area contributed by atoms with Crippen molar-refractivity contribution in [1.29, 1.82) is 0 Å². The summed E-state index contributed by atoms with van der Waals surface area (Å²) in [5, 5.41) is 3.32. The Morgan fingerprint density at radius 1 is 1.16 bits per heavy atom. The Morgan fingerprint density at radius 3 is 2.48 bits per heavy atom. The average molecular weight is 355 g/mol. The molecule has 2 aromatic carbocycles. The lowest BCUT2D eigenvalue weighted by molar-refractivity contribution is -0.117. The standard InChI is InChI=1S/C21H23ClN2O/c1-6-17-8-10-20(22)19(12-17)21(24-16(5)25)23-15(4)18-9-7-13(2)14(3)11-18/h7-12H,4,6H2,1-3,5H3,(H,23,24,25). The number of carbonyl (C=O) groups excluding carboxylic acids is 1. The first kappa shape index (κ1) is 18.9. The molecule has 0 aliphatic heterocycles. The first-order valence-corrected chi connectivity index (χ1v) is 8.61. The fourth-order valence-corrected chi connectivity index (χ4v) is 2.62. The van der Waals surface area contributed by atoms with Crippen LogP contribution in [0, 0.1) is 13.8 Å². The molecule has 130 valence electrons. The van der Waals surface area contributed by atoms with Gasteiger partial charge in [0.2, 0.25) is 5.91 Å². The third kappa shape index (κ3) is 4.80. The summed E-state index contributed by atoms with van der Waals surface area (Å²) in [6.45, 7) is 11.7. The smallest absolute Gasteiger partial charge is 0.222 e. The molecule has 1 amide bonds. The molecule has 0 aliphatic rings. The van der Waals surface area contributed by atoms with Crippen LogP contribution in [0.2, 0.25) is 5.02 Å². The van der Waals surface area contributed by atoms with Gasteiger partial charge in [0.25, 0.3) is 0 Å². The van der Waals surface area contributed by atoms with Crippen LogP contribution in [0.3, 0.4) is 0 Å². The van der Waals surface area contributed by atoms with E-state index in [1.807, 2.05) is 43.3 Å². The summed E-state index contributed by atoms with van der Waals surface area (Å²) in [5.41, 5.74) is 5.68. The molecule has 2 rings (SSSR count). The Morgan fingerprint density at radius 2 is 1.88 bits per heavy atom. The molecule has 0 saturated heterocycles. The lowest BCUT2D eigenvalue weighted by Gasteiger charge is -2.12. The van der Waals surface area contributed by atoms with Crippen LogP contribution in [0.1, 0.15) is 41.7 Å². The molecular formula is C21H23ClN2O. The lowest BCUT2D eigenvalue weighted by atomic mass is 10.0. The number of rotatable bonds is 4. The Labute approximate surface area is 154 Å². The maximum atomic E-state index is 11.6. The van der Waals surface area contributed by atoms with Crippen molar-refractivity contribution in [2.75, 3.05) is 0 Å². The molecule has 2 aromatic rings. The van der Waals surface area contributed by atoms with Crippen LogP contribution in [0.5, 0.6) is 0 Å². The minimum atomic E-state index is -0.204. The van der Waals surface area contributed by atoms with Gasteiger partial charge < -0.3 is 5.32 Å². The number of amides is 1. The number of halogens is 1. The number of amidine groups is 1. The second-order valence-corrected chi connectivity index (χ2v) is 6.46. The minimum Gasteiger partial charge on any atom is -0.310 e. The van der Waals surface area contributed by atoms with E-state index in [0.717, 1.165) is 17.5 Å². The third-order valence-electron chi connectivity index (χ3n) is 4.08. The zero-order valence-corrected chi connectivity index (χ0v) is 15.9. The van der Waals surface area contributed by atoms with Crippen LogP contribution in [0.15, 0.2) is 48.0 Å². The summed E-state index contributed by atoms with van der Waals surface area (Å²) in [6, 6.07) is 11.8. The topological polar surface area (TPSA) is 41.5 Å². The first-order valence-electron chi connectivity index (χ1n) is 8.23. The highest BCUT2D eigenvalue weighted by molar-refractivity contribution is 6.34. The number of nitrogens with one attached hydrogen (secondary N) is 1. The van der Waals surface area contributed by atoms with E-state index >= 15 is 0 Å². The Kier molecular flexibility index (Phi) is 6.16. The van der Waals surface area contributed by atoms with E-state index in [-0.39, 0.29) is 5.91 Å². The van der Waals surface area contributed by atoms with Crippen LogP contribution in [-0.4, -0.2) is 11.7 Å². The molecule has 0 saturated carbocycles. The van der Waals surface area contributed by atoms with Crippen LogP contribution >= 0.6 is 11.6 Å². The predicted molar refractivity (Wildman–Crippen MR) is 106 cm³/mol. The highest BCUT2D eigenvalue weighted by atomic mass is 35.5. The second kappa shape index (κ2) is 8.13. The zero-order valence-electron chi connectivity index (χ0n) is 15.1. The summed E-state index contributed by atoms with van der Waals surface area (Å²) in [4.78, 5) is 16.2. The van der Waals surface area contributed by atoms with Crippen molar-refractivity contribution in [1.82, 2.24) is 5.32 Å². The predicted octanol–water partition coefficient (Wildman–Crippen LogP) is 5.07. The molecule has 0 unspecified atom stereocenters. The van der Waals surface area contributed by atoms with Gasteiger partial charge in [-0.15, -0.1) is 0 Å². The van der Waals surface area contributed by atoms with Crippen molar-refractivity contribution in [3.63, 3.8) is 0 Å². The van der Waals surface area contributed by atoms with E-state index in [1.165, 1.54) is 18.1 Å². The first-order chi connectivity index (χ1) is 11.8. The third-order valence-corrected chi connectivity index (χ3v) is 4.41. The van der Waals surface area contributed by atoms with Gasteiger partial charge in [0.15, 0.2) is 0 Å². The highest BCUT2D eigenvalue weighted by Crippen LogP contribution is 2.22. The quantitative estimate of drug-likeness (QED) is 0.604.